The first-order valence-electron chi connectivity index (χ1n) is 8.24. The van der Waals surface area contributed by atoms with Crippen molar-refractivity contribution >= 4 is 16.7 Å². The van der Waals surface area contributed by atoms with Crippen LogP contribution in [0.2, 0.25) is 0 Å². The van der Waals surface area contributed by atoms with Crippen LogP contribution < -0.4 is 5.56 Å². The van der Waals surface area contributed by atoms with Crippen LogP contribution in [-0.2, 0) is 18.4 Å². The smallest absolute Gasteiger partial charge is 0.257 e. The molecule has 4 rings (SSSR count). The molecule has 2 aromatic heterocycles. The lowest BCUT2D eigenvalue weighted by Gasteiger charge is -2.33. The molecule has 9 heteroatoms. The van der Waals surface area contributed by atoms with Gasteiger partial charge in [0.2, 0.25) is 0 Å². The van der Waals surface area contributed by atoms with Gasteiger partial charge < -0.3 is 14.6 Å². The minimum absolute atomic E-state index is 0.0294. The maximum Gasteiger partial charge on any atom is 0.257 e. The molecule has 3 heterocycles. The van der Waals surface area contributed by atoms with Gasteiger partial charge in [-0.15, -0.1) is 0 Å². The predicted octanol–water partition coefficient (Wildman–Crippen LogP) is 1.88. The molecule has 27 heavy (non-hydrogen) atoms. The molecule has 1 aliphatic rings. The highest BCUT2D eigenvalue weighted by molar-refractivity contribution is 5.94. The van der Waals surface area contributed by atoms with Crippen LogP contribution in [-0.4, -0.2) is 39.2 Å². The second kappa shape index (κ2) is 6.27. The molecule has 7 nitrogen and oxygen atoms in total. The third-order valence-electron chi connectivity index (χ3n) is 4.78. The molecular formula is C18H16F2N4O3. The van der Waals surface area contributed by atoms with E-state index in [0.717, 1.165) is 12.1 Å². The Bertz CT molecular complexity index is 1120. The topological polar surface area (TPSA) is 80.2 Å². The molecule has 1 amide bonds. The van der Waals surface area contributed by atoms with Crippen LogP contribution in [0.1, 0.15) is 27.7 Å². The molecule has 1 aromatic carbocycles. The van der Waals surface area contributed by atoms with Gasteiger partial charge in [0.05, 0.1) is 36.4 Å². The summed E-state index contributed by atoms with van der Waals surface area (Å²) >= 11 is 0. The number of carbonyl (C=O) groups excluding carboxylic acids is 1. The molecule has 0 unspecified atom stereocenters. The molecule has 140 valence electrons. The number of aromatic nitrogens is 3. The molecule has 0 spiro atoms. The monoisotopic (exact) mass is 374 g/mol. The quantitative estimate of drug-likeness (QED) is 0.743. The van der Waals surface area contributed by atoms with E-state index in [2.05, 4.69) is 10.1 Å². The molecule has 0 aliphatic carbocycles. The summed E-state index contributed by atoms with van der Waals surface area (Å²) in [6.45, 7) is 0.278. The predicted molar refractivity (Wildman–Crippen MR) is 92.2 cm³/mol. The van der Waals surface area contributed by atoms with Crippen molar-refractivity contribution in [1.29, 1.82) is 0 Å². The molecule has 0 radical (unpaired) electrons. The van der Waals surface area contributed by atoms with Gasteiger partial charge in [0.15, 0.2) is 11.6 Å². The van der Waals surface area contributed by atoms with Crippen molar-refractivity contribution in [3.05, 3.63) is 63.3 Å². The zero-order valence-corrected chi connectivity index (χ0v) is 14.6. The van der Waals surface area contributed by atoms with Crippen molar-refractivity contribution in [2.75, 3.05) is 13.7 Å². The Labute approximate surface area is 152 Å². The van der Waals surface area contributed by atoms with E-state index in [1.165, 1.54) is 15.8 Å². The number of hydrogen-bond acceptors (Lipinski definition) is 4. The molecular weight excluding hydrogens is 358 g/mol. The van der Waals surface area contributed by atoms with Gasteiger partial charge in [0.25, 0.3) is 11.5 Å². The number of likely N-dealkylation sites (N-methyl/N-ethyl adjacent to an activating group) is 1. The Morgan fingerprint density at radius 1 is 1.33 bits per heavy atom. The number of aromatic amines is 1. The SMILES string of the molecule is CN(C(=O)c1cnn(C)c1)[C@@H]1COCc2[nH]c(=O)c3cc(F)c(F)cc3c21. The van der Waals surface area contributed by atoms with Gasteiger partial charge in [-0.2, -0.15) is 5.10 Å². The lowest BCUT2D eigenvalue weighted by molar-refractivity contribution is 0.0335. The Balaban J connectivity index is 1.87. The molecule has 0 bridgehead atoms. The standard InChI is InChI=1S/C18H16F2N4O3/c1-23-6-9(5-21-23)18(26)24(2)15-8-27-7-14-16(15)10-3-12(19)13(20)4-11(10)17(25)22-14/h3-6,15H,7-8H2,1-2H3,(H,22,25)/t15-/m1/s1. The molecule has 0 saturated heterocycles. The highest BCUT2D eigenvalue weighted by atomic mass is 19.2. The van der Waals surface area contributed by atoms with Crippen LogP contribution in [0.15, 0.2) is 29.3 Å². The summed E-state index contributed by atoms with van der Waals surface area (Å²) in [5.41, 5.74) is 0.848. The van der Waals surface area contributed by atoms with Gasteiger partial charge in [0, 0.05) is 31.5 Å². The summed E-state index contributed by atoms with van der Waals surface area (Å²) in [6.07, 6.45) is 3.03. The van der Waals surface area contributed by atoms with Crippen LogP contribution in [0.25, 0.3) is 10.8 Å². The Hall–Kier alpha value is -3.07. The lowest BCUT2D eigenvalue weighted by atomic mass is 9.95. The first-order chi connectivity index (χ1) is 12.9. The number of halogens is 2. The number of ether oxygens (including phenoxy) is 1. The van der Waals surface area contributed by atoms with E-state index in [1.807, 2.05) is 0 Å². The van der Waals surface area contributed by atoms with Crippen LogP contribution in [0.5, 0.6) is 0 Å². The van der Waals surface area contributed by atoms with Gasteiger partial charge in [-0.1, -0.05) is 0 Å². The third-order valence-corrected chi connectivity index (χ3v) is 4.78. The number of aryl methyl sites for hydroxylation is 1. The maximum atomic E-state index is 13.9. The summed E-state index contributed by atoms with van der Waals surface area (Å²) < 4.78 is 34.6. The minimum atomic E-state index is -1.10. The molecule has 1 aliphatic heterocycles. The summed E-state index contributed by atoms with van der Waals surface area (Å²) in [5, 5.41) is 4.29. The fourth-order valence-corrected chi connectivity index (χ4v) is 3.42. The number of H-pyrrole nitrogens is 1. The van der Waals surface area contributed by atoms with E-state index in [1.54, 1.807) is 20.3 Å². The van der Waals surface area contributed by atoms with Crippen molar-refractivity contribution < 1.29 is 18.3 Å². The van der Waals surface area contributed by atoms with Gasteiger partial charge in [0.1, 0.15) is 0 Å². The van der Waals surface area contributed by atoms with Crippen LogP contribution in [0.3, 0.4) is 0 Å². The normalized spacial score (nSPS) is 16.4. The highest BCUT2D eigenvalue weighted by Crippen LogP contribution is 2.34. The number of benzene rings is 1. The number of nitrogens with one attached hydrogen (secondary N) is 1. The van der Waals surface area contributed by atoms with Crippen molar-refractivity contribution in [3.8, 4) is 0 Å². The summed E-state index contributed by atoms with van der Waals surface area (Å²) in [4.78, 5) is 29.2. The molecule has 0 saturated carbocycles. The summed E-state index contributed by atoms with van der Waals surface area (Å²) in [5.74, 6) is -2.45. The third kappa shape index (κ3) is 2.80. The van der Waals surface area contributed by atoms with Gasteiger partial charge in [-0.3, -0.25) is 14.3 Å². The summed E-state index contributed by atoms with van der Waals surface area (Å²) in [6, 6.07) is 1.30. The average molecular weight is 374 g/mol. The Kier molecular flexibility index (Phi) is 4.03. The Morgan fingerprint density at radius 3 is 2.70 bits per heavy atom. The number of rotatable bonds is 2. The van der Waals surface area contributed by atoms with Crippen molar-refractivity contribution in [2.45, 2.75) is 12.6 Å². The van der Waals surface area contributed by atoms with E-state index in [0.29, 0.717) is 16.8 Å². The summed E-state index contributed by atoms with van der Waals surface area (Å²) in [7, 11) is 3.29. The first kappa shape index (κ1) is 17.3. The Morgan fingerprint density at radius 2 is 2.04 bits per heavy atom. The molecule has 3 aromatic rings. The van der Waals surface area contributed by atoms with E-state index >= 15 is 0 Å². The zero-order valence-electron chi connectivity index (χ0n) is 14.6. The highest BCUT2D eigenvalue weighted by Gasteiger charge is 2.31. The molecule has 1 N–H and O–H groups in total. The van der Waals surface area contributed by atoms with E-state index in [4.69, 9.17) is 4.74 Å². The second-order valence-corrected chi connectivity index (χ2v) is 6.51. The molecule has 1 atom stereocenters. The lowest BCUT2D eigenvalue weighted by Crippen LogP contribution is -2.37. The van der Waals surface area contributed by atoms with Crippen molar-refractivity contribution in [1.82, 2.24) is 19.7 Å². The van der Waals surface area contributed by atoms with Crippen molar-refractivity contribution in [3.63, 3.8) is 0 Å². The van der Waals surface area contributed by atoms with Crippen LogP contribution >= 0.6 is 0 Å². The maximum absolute atomic E-state index is 13.9. The van der Waals surface area contributed by atoms with E-state index in [9.17, 15) is 18.4 Å². The van der Waals surface area contributed by atoms with Gasteiger partial charge >= 0.3 is 0 Å². The van der Waals surface area contributed by atoms with E-state index < -0.39 is 23.2 Å². The number of amides is 1. The molecule has 0 fully saturated rings. The number of hydrogen-bond donors (Lipinski definition) is 1. The second-order valence-electron chi connectivity index (χ2n) is 6.51. The number of nitrogens with zero attached hydrogens (tertiary/aromatic N) is 3. The minimum Gasteiger partial charge on any atom is -0.373 e. The number of pyridine rings is 1. The number of carbonyl (C=O) groups is 1. The van der Waals surface area contributed by atoms with Crippen LogP contribution in [0.4, 0.5) is 8.78 Å². The van der Waals surface area contributed by atoms with Crippen LogP contribution in [0, 0.1) is 11.6 Å². The number of fused-ring (bicyclic) bond motifs is 3. The zero-order chi connectivity index (χ0) is 19.3. The average Bonchev–Trinajstić information content (AvgIpc) is 3.08. The van der Waals surface area contributed by atoms with Crippen molar-refractivity contribution in [2.24, 2.45) is 7.05 Å². The van der Waals surface area contributed by atoms with Gasteiger partial charge in [-0.05, 0) is 17.5 Å². The first-order valence-corrected chi connectivity index (χ1v) is 8.24. The van der Waals surface area contributed by atoms with Gasteiger partial charge in [-0.25, -0.2) is 8.78 Å². The fraction of sp³-hybridized carbons (Fsp3) is 0.278. The fourth-order valence-electron chi connectivity index (χ4n) is 3.42. The van der Waals surface area contributed by atoms with E-state index in [-0.39, 0.29) is 29.9 Å². The largest absolute Gasteiger partial charge is 0.373 e.